The number of benzene rings is 4. The first-order valence-corrected chi connectivity index (χ1v) is 11.6. The van der Waals surface area contributed by atoms with Gasteiger partial charge in [-0.05, 0) is 66.2 Å². The van der Waals surface area contributed by atoms with Crippen molar-refractivity contribution in [3.05, 3.63) is 101 Å². The lowest BCUT2D eigenvalue weighted by Crippen LogP contribution is -2.04. The highest BCUT2D eigenvalue weighted by Gasteiger charge is 2.23. The topological polar surface area (TPSA) is 87.8 Å². The molecule has 0 saturated carbocycles. The molecule has 0 saturated heterocycles. The van der Waals surface area contributed by atoms with E-state index in [1.54, 1.807) is 39.5 Å². The molecule has 0 radical (unpaired) electrons. The van der Waals surface area contributed by atoms with Crippen molar-refractivity contribution in [2.75, 3.05) is 26.6 Å². The van der Waals surface area contributed by atoms with Gasteiger partial charge >= 0.3 is 0 Å². The first-order valence-electron chi connectivity index (χ1n) is 11.6. The fourth-order valence-electron chi connectivity index (χ4n) is 4.43. The van der Waals surface area contributed by atoms with Crippen LogP contribution >= 0.6 is 0 Å². The minimum Gasteiger partial charge on any atom is -0.497 e. The number of nitro groups is 1. The van der Waals surface area contributed by atoms with E-state index in [2.05, 4.69) is 5.32 Å². The molecule has 0 atom stereocenters. The molecule has 1 aromatic heterocycles. The molecule has 5 aromatic rings. The van der Waals surface area contributed by atoms with Crippen LogP contribution in [0.2, 0.25) is 0 Å². The minimum absolute atomic E-state index is 0.0210. The lowest BCUT2D eigenvalue weighted by molar-refractivity contribution is -0.383. The molecule has 0 fully saturated rings. The summed E-state index contributed by atoms with van der Waals surface area (Å²) in [5.41, 5.74) is 3.90. The van der Waals surface area contributed by atoms with E-state index in [-0.39, 0.29) is 5.69 Å². The van der Waals surface area contributed by atoms with Crippen molar-refractivity contribution in [3.63, 3.8) is 0 Å². The van der Waals surface area contributed by atoms with Crippen molar-refractivity contribution >= 4 is 28.1 Å². The van der Waals surface area contributed by atoms with Crippen LogP contribution in [-0.2, 0) is 0 Å². The third-order valence-corrected chi connectivity index (χ3v) is 6.24. The first kappa shape index (κ1) is 23.7. The van der Waals surface area contributed by atoms with E-state index >= 15 is 0 Å². The number of anilines is 2. The third-order valence-electron chi connectivity index (χ3n) is 6.24. The van der Waals surface area contributed by atoms with E-state index in [9.17, 15) is 10.1 Å². The molecule has 4 aromatic carbocycles. The molecule has 186 valence electrons. The van der Waals surface area contributed by atoms with E-state index in [4.69, 9.17) is 14.2 Å². The van der Waals surface area contributed by atoms with Gasteiger partial charge in [0.2, 0.25) is 0 Å². The van der Waals surface area contributed by atoms with Crippen molar-refractivity contribution in [3.8, 4) is 34.1 Å². The molecule has 0 spiro atoms. The van der Waals surface area contributed by atoms with Gasteiger partial charge in [0, 0.05) is 22.7 Å². The lowest BCUT2D eigenvalue weighted by Gasteiger charge is -2.15. The zero-order valence-corrected chi connectivity index (χ0v) is 20.6. The predicted molar refractivity (Wildman–Crippen MR) is 145 cm³/mol. The Morgan fingerprint density at radius 3 is 1.97 bits per heavy atom. The molecule has 0 unspecified atom stereocenters. The van der Waals surface area contributed by atoms with E-state index < -0.39 is 4.92 Å². The summed E-state index contributed by atoms with van der Waals surface area (Å²) in [6.07, 6.45) is 0. The maximum atomic E-state index is 11.8. The number of fused-ring (bicyclic) bond motifs is 1. The van der Waals surface area contributed by atoms with Crippen LogP contribution in [0.3, 0.4) is 0 Å². The van der Waals surface area contributed by atoms with Gasteiger partial charge in [0.25, 0.3) is 5.69 Å². The number of rotatable bonds is 8. The van der Waals surface area contributed by atoms with Crippen LogP contribution in [0.25, 0.3) is 27.7 Å². The number of methoxy groups -OCH3 is 3. The summed E-state index contributed by atoms with van der Waals surface area (Å²) >= 11 is 0. The summed E-state index contributed by atoms with van der Waals surface area (Å²) in [7, 11) is 4.87. The zero-order valence-electron chi connectivity index (χ0n) is 20.6. The average Bonchev–Trinajstić information content (AvgIpc) is 3.25. The Kier molecular flexibility index (Phi) is 6.38. The van der Waals surface area contributed by atoms with Gasteiger partial charge in [-0.3, -0.25) is 14.7 Å². The van der Waals surface area contributed by atoms with Gasteiger partial charge in [-0.15, -0.1) is 0 Å². The maximum Gasteiger partial charge on any atom is 0.292 e. The van der Waals surface area contributed by atoms with Crippen LogP contribution in [0, 0.1) is 10.1 Å². The predicted octanol–water partition coefficient (Wildman–Crippen LogP) is 6.98. The molecule has 0 aliphatic rings. The number of para-hydroxylation sites is 2. The Bertz CT molecular complexity index is 1570. The highest BCUT2D eigenvalue weighted by atomic mass is 16.6. The molecule has 1 heterocycles. The number of hydrogen-bond donors (Lipinski definition) is 1. The quantitative estimate of drug-likeness (QED) is 0.185. The molecule has 0 aliphatic carbocycles. The van der Waals surface area contributed by atoms with Gasteiger partial charge in [0.05, 0.1) is 31.8 Å². The molecule has 0 bridgehead atoms. The second-order valence-electron chi connectivity index (χ2n) is 8.27. The number of hydrogen-bond acceptors (Lipinski definition) is 6. The molecule has 37 heavy (non-hydrogen) atoms. The first-order chi connectivity index (χ1) is 18.0. The fraction of sp³-hybridized carbons (Fsp3) is 0.103. The fourth-order valence-corrected chi connectivity index (χ4v) is 4.43. The normalized spacial score (nSPS) is 10.8. The number of nitrogens with one attached hydrogen (secondary N) is 1. The molecule has 1 N–H and O–H groups in total. The highest BCUT2D eigenvalue weighted by molar-refractivity contribution is 6.06. The van der Waals surface area contributed by atoms with Crippen molar-refractivity contribution in [1.29, 1.82) is 0 Å². The number of nitro benzene ring substituents is 1. The van der Waals surface area contributed by atoms with Gasteiger partial charge in [0.1, 0.15) is 28.8 Å². The van der Waals surface area contributed by atoms with Crippen LogP contribution in [-0.4, -0.2) is 30.8 Å². The molecule has 0 aliphatic heterocycles. The molecule has 0 amide bonds. The van der Waals surface area contributed by atoms with E-state index in [0.717, 1.165) is 39.2 Å². The van der Waals surface area contributed by atoms with Gasteiger partial charge in [-0.1, -0.05) is 24.3 Å². The Balaban J connectivity index is 1.85. The second-order valence-corrected chi connectivity index (χ2v) is 8.27. The standard InChI is InChI=1S/C29H25N3O5/c1-35-21-12-8-19(9-13-21)28-24-18-23(37-3)16-17-26(24)31(20-10-14-22(36-2)15-11-20)29(28)30-25-6-4-5-7-27(25)32(33)34/h4-18,30H,1-3H3. The van der Waals surface area contributed by atoms with E-state index in [0.29, 0.717) is 17.3 Å². The molecule has 8 heteroatoms. The monoisotopic (exact) mass is 495 g/mol. The summed E-state index contributed by atoms with van der Waals surface area (Å²) in [6.45, 7) is 0. The number of aromatic nitrogens is 1. The SMILES string of the molecule is COc1ccc(-c2c(Nc3ccccc3[N+](=O)[O-])n(-c3ccc(OC)cc3)c3ccc(OC)cc23)cc1. The smallest absolute Gasteiger partial charge is 0.292 e. The second kappa shape index (κ2) is 9.94. The summed E-state index contributed by atoms with van der Waals surface area (Å²) in [4.78, 5) is 11.4. The highest BCUT2D eigenvalue weighted by Crippen LogP contribution is 2.44. The van der Waals surface area contributed by atoms with Crippen LogP contribution in [0.5, 0.6) is 17.2 Å². The number of nitrogens with zero attached hydrogens (tertiary/aromatic N) is 2. The minimum atomic E-state index is -0.390. The van der Waals surface area contributed by atoms with Crippen LogP contribution < -0.4 is 19.5 Å². The molecule has 5 rings (SSSR count). The van der Waals surface area contributed by atoms with Crippen molar-refractivity contribution in [1.82, 2.24) is 4.57 Å². The van der Waals surface area contributed by atoms with Gasteiger partial charge in [0.15, 0.2) is 0 Å². The van der Waals surface area contributed by atoms with Crippen molar-refractivity contribution < 1.29 is 19.1 Å². The third kappa shape index (κ3) is 4.40. The summed E-state index contributed by atoms with van der Waals surface area (Å²) in [5, 5.41) is 16.1. The Labute approximate surface area is 213 Å². The summed E-state index contributed by atoms with van der Waals surface area (Å²) < 4.78 is 18.3. The summed E-state index contributed by atoms with van der Waals surface area (Å²) in [5.74, 6) is 2.83. The Morgan fingerprint density at radius 1 is 0.757 bits per heavy atom. The Morgan fingerprint density at radius 2 is 1.35 bits per heavy atom. The van der Waals surface area contributed by atoms with Crippen molar-refractivity contribution in [2.24, 2.45) is 0 Å². The van der Waals surface area contributed by atoms with Crippen LogP contribution in [0.15, 0.2) is 91.0 Å². The zero-order chi connectivity index (χ0) is 25.9. The van der Waals surface area contributed by atoms with Crippen LogP contribution in [0.1, 0.15) is 0 Å². The largest absolute Gasteiger partial charge is 0.497 e. The summed E-state index contributed by atoms with van der Waals surface area (Å²) in [6, 6.07) is 27.8. The molecule has 8 nitrogen and oxygen atoms in total. The van der Waals surface area contributed by atoms with Crippen LogP contribution in [0.4, 0.5) is 17.2 Å². The van der Waals surface area contributed by atoms with Crippen molar-refractivity contribution in [2.45, 2.75) is 0 Å². The molecular formula is C29H25N3O5. The van der Waals surface area contributed by atoms with Gasteiger partial charge in [-0.2, -0.15) is 0 Å². The van der Waals surface area contributed by atoms with Gasteiger partial charge in [-0.25, -0.2) is 0 Å². The van der Waals surface area contributed by atoms with E-state index in [1.807, 2.05) is 71.3 Å². The molecular weight excluding hydrogens is 470 g/mol. The van der Waals surface area contributed by atoms with E-state index in [1.165, 1.54) is 6.07 Å². The number of ether oxygens (including phenoxy) is 3. The lowest BCUT2D eigenvalue weighted by atomic mass is 10.0. The van der Waals surface area contributed by atoms with Gasteiger partial charge < -0.3 is 19.5 Å². The maximum absolute atomic E-state index is 11.8. The Hall–Kier alpha value is -4.98. The average molecular weight is 496 g/mol.